The summed E-state index contributed by atoms with van der Waals surface area (Å²) in [5.41, 5.74) is 0. The Hall–Kier alpha value is -0.460. The fourth-order valence-electron chi connectivity index (χ4n) is 2.21. The number of allylic oxidation sites excluding steroid dienone is 1. The maximum atomic E-state index is 5.50. The molecule has 114 valence electrons. The molecule has 1 nitrogen and oxygen atoms in total. The third-order valence-electron chi connectivity index (χ3n) is 3.53. The van der Waals surface area contributed by atoms with Crippen LogP contribution in [0.1, 0.15) is 97.3 Å². The van der Waals surface area contributed by atoms with Crippen LogP contribution in [0.5, 0.6) is 0 Å². The number of ether oxygens (including phenoxy) is 1. The number of hydrogen-bond acceptors (Lipinski definition) is 1. The van der Waals surface area contributed by atoms with E-state index in [1.165, 1.54) is 83.5 Å². The Morgan fingerprint density at radius 1 is 0.632 bits per heavy atom. The van der Waals surface area contributed by atoms with Crippen LogP contribution < -0.4 is 0 Å². The first-order valence-electron chi connectivity index (χ1n) is 8.68. The van der Waals surface area contributed by atoms with Gasteiger partial charge in [0.15, 0.2) is 0 Å². The van der Waals surface area contributed by atoms with Crippen LogP contribution in [-0.4, -0.2) is 6.61 Å². The van der Waals surface area contributed by atoms with Crippen LogP contribution in [0.15, 0.2) is 12.3 Å². The molecule has 0 fully saturated rings. The standard InChI is InChI=1S/C18H36O/c1-3-5-7-9-11-12-14-16-18-19-17-15-13-10-8-6-4-2/h15,17H,3-14,16,18H2,1-2H3. The van der Waals surface area contributed by atoms with Crippen molar-refractivity contribution in [3.05, 3.63) is 12.3 Å². The third-order valence-corrected chi connectivity index (χ3v) is 3.53. The van der Waals surface area contributed by atoms with Gasteiger partial charge in [-0.25, -0.2) is 0 Å². The molecule has 1 heteroatoms. The second kappa shape index (κ2) is 17.5. The largest absolute Gasteiger partial charge is 0.502 e. The lowest BCUT2D eigenvalue weighted by Gasteiger charge is -2.02. The minimum Gasteiger partial charge on any atom is -0.502 e. The fraction of sp³-hybridized carbons (Fsp3) is 0.889. The first kappa shape index (κ1) is 18.5. The van der Waals surface area contributed by atoms with Crippen molar-refractivity contribution >= 4 is 0 Å². The van der Waals surface area contributed by atoms with Gasteiger partial charge < -0.3 is 4.74 Å². The lowest BCUT2D eigenvalue weighted by atomic mass is 10.1. The lowest BCUT2D eigenvalue weighted by Crippen LogP contribution is -1.88. The van der Waals surface area contributed by atoms with Crippen LogP contribution in [0.3, 0.4) is 0 Å². The van der Waals surface area contributed by atoms with Crippen molar-refractivity contribution < 1.29 is 4.74 Å². The maximum absolute atomic E-state index is 5.50. The molecule has 0 aliphatic rings. The molecule has 0 saturated carbocycles. The van der Waals surface area contributed by atoms with Gasteiger partial charge >= 0.3 is 0 Å². The molecule has 0 aromatic heterocycles. The minimum atomic E-state index is 0.903. The summed E-state index contributed by atoms with van der Waals surface area (Å²) >= 11 is 0. The van der Waals surface area contributed by atoms with E-state index < -0.39 is 0 Å². The highest BCUT2D eigenvalue weighted by atomic mass is 16.5. The van der Waals surface area contributed by atoms with Crippen LogP contribution in [0.2, 0.25) is 0 Å². The molecular formula is C18H36O. The molecule has 0 bridgehead atoms. The van der Waals surface area contributed by atoms with Crippen LogP contribution >= 0.6 is 0 Å². The monoisotopic (exact) mass is 268 g/mol. The Bertz CT molecular complexity index is 175. The van der Waals surface area contributed by atoms with Gasteiger partial charge in [0.05, 0.1) is 12.9 Å². The molecule has 0 rings (SSSR count). The van der Waals surface area contributed by atoms with Gasteiger partial charge in [0, 0.05) is 0 Å². The van der Waals surface area contributed by atoms with Crippen molar-refractivity contribution in [2.24, 2.45) is 0 Å². The van der Waals surface area contributed by atoms with E-state index in [1.54, 1.807) is 0 Å². The molecule has 0 aromatic carbocycles. The van der Waals surface area contributed by atoms with Gasteiger partial charge in [-0.05, 0) is 25.3 Å². The van der Waals surface area contributed by atoms with Crippen molar-refractivity contribution in [1.82, 2.24) is 0 Å². The highest BCUT2D eigenvalue weighted by molar-refractivity contribution is 4.73. The zero-order chi connectivity index (χ0) is 14.0. The van der Waals surface area contributed by atoms with E-state index in [4.69, 9.17) is 4.74 Å². The van der Waals surface area contributed by atoms with Gasteiger partial charge in [-0.1, -0.05) is 78.1 Å². The van der Waals surface area contributed by atoms with Gasteiger partial charge in [0.25, 0.3) is 0 Å². The molecule has 0 spiro atoms. The Labute approximate surface area is 121 Å². The molecule has 0 amide bonds. The summed E-state index contributed by atoms with van der Waals surface area (Å²) in [5.74, 6) is 0. The minimum absolute atomic E-state index is 0.903. The molecule has 0 unspecified atom stereocenters. The number of unbranched alkanes of at least 4 members (excludes halogenated alkanes) is 11. The van der Waals surface area contributed by atoms with E-state index in [1.807, 2.05) is 6.26 Å². The van der Waals surface area contributed by atoms with E-state index >= 15 is 0 Å². The molecule has 0 radical (unpaired) electrons. The molecule has 0 saturated heterocycles. The Kier molecular flexibility index (Phi) is 17.1. The fourth-order valence-corrected chi connectivity index (χ4v) is 2.21. The summed E-state index contributed by atoms with van der Waals surface area (Å²) in [6.07, 6.45) is 21.6. The second-order valence-electron chi connectivity index (χ2n) is 5.57. The van der Waals surface area contributed by atoms with Crippen LogP contribution in [0.25, 0.3) is 0 Å². The Morgan fingerprint density at radius 3 is 1.79 bits per heavy atom. The van der Waals surface area contributed by atoms with E-state index in [0.29, 0.717) is 0 Å². The molecule has 0 aliphatic carbocycles. The molecule has 0 atom stereocenters. The number of hydrogen-bond donors (Lipinski definition) is 0. The summed E-state index contributed by atoms with van der Waals surface area (Å²) in [6.45, 7) is 5.43. The van der Waals surface area contributed by atoms with Gasteiger partial charge in [0.1, 0.15) is 0 Å². The normalized spacial score (nSPS) is 11.3. The summed E-state index contributed by atoms with van der Waals surface area (Å²) in [4.78, 5) is 0. The van der Waals surface area contributed by atoms with Gasteiger partial charge in [0.2, 0.25) is 0 Å². The summed E-state index contributed by atoms with van der Waals surface area (Å²) in [5, 5.41) is 0. The SMILES string of the molecule is CCCCCCC=COCCCCCCCCCC. The Balaban J connectivity index is 2.99. The smallest absolute Gasteiger partial charge is 0.0873 e. The predicted molar refractivity (Wildman–Crippen MR) is 86.5 cm³/mol. The summed E-state index contributed by atoms with van der Waals surface area (Å²) in [7, 11) is 0. The lowest BCUT2D eigenvalue weighted by molar-refractivity contribution is 0.239. The molecule has 0 aliphatic heterocycles. The molecule has 0 heterocycles. The average Bonchev–Trinajstić information content (AvgIpc) is 2.43. The molecule has 19 heavy (non-hydrogen) atoms. The summed E-state index contributed by atoms with van der Waals surface area (Å²) < 4.78 is 5.50. The van der Waals surface area contributed by atoms with Crippen molar-refractivity contribution in [1.29, 1.82) is 0 Å². The number of rotatable bonds is 15. The van der Waals surface area contributed by atoms with E-state index in [2.05, 4.69) is 19.9 Å². The average molecular weight is 268 g/mol. The Morgan fingerprint density at radius 2 is 1.16 bits per heavy atom. The predicted octanol–water partition coefficient (Wildman–Crippen LogP) is 6.63. The van der Waals surface area contributed by atoms with E-state index in [0.717, 1.165) is 6.61 Å². The summed E-state index contributed by atoms with van der Waals surface area (Å²) in [6, 6.07) is 0. The quantitative estimate of drug-likeness (QED) is 0.239. The molecular weight excluding hydrogens is 232 g/mol. The van der Waals surface area contributed by atoms with E-state index in [-0.39, 0.29) is 0 Å². The zero-order valence-electron chi connectivity index (χ0n) is 13.5. The topological polar surface area (TPSA) is 9.23 Å². The van der Waals surface area contributed by atoms with Gasteiger partial charge in [-0.15, -0.1) is 0 Å². The van der Waals surface area contributed by atoms with Crippen LogP contribution in [0.4, 0.5) is 0 Å². The van der Waals surface area contributed by atoms with Crippen molar-refractivity contribution in [3.63, 3.8) is 0 Å². The van der Waals surface area contributed by atoms with Crippen LogP contribution in [0, 0.1) is 0 Å². The van der Waals surface area contributed by atoms with Gasteiger partial charge in [-0.2, -0.15) is 0 Å². The van der Waals surface area contributed by atoms with Gasteiger partial charge in [-0.3, -0.25) is 0 Å². The third kappa shape index (κ3) is 17.5. The van der Waals surface area contributed by atoms with Crippen molar-refractivity contribution in [2.45, 2.75) is 97.3 Å². The highest BCUT2D eigenvalue weighted by Gasteiger charge is 1.91. The first-order chi connectivity index (χ1) is 9.41. The zero-order valence-corrected chi connectivity index (χ0v) is 13.5. The van der Waals surface area contributed by atoms with Crippen molar-refractivity contribution in [2.75, 3.05) is 6.61 Å². The van der Waals surface area contributed by atoms with E-state index in [9.17, 15) is 0 Å². The highest BCUT2D eigenvalue weighted by Crippen LogP contribution is 2.08. The first-order valence-corrected chi connectivity index (χ1v) is 8.68. The molecule has 0 N–H and O–H groups in total. The maximum Gasteiger partial charge on any atom is 0.0873 e. The van der Waals surface area contributed by atoms with Crippen LogP contribution in [-0.2, 0) is 4.74 Å². The second-order valence-corrected chi connectivity index (χ2v) is 5.57. The molecule has 0 aromatic rings. The van der Waals surface area contributed by atoms with Crippen molar-refractivity contribution in [3.8, 4) is 0 Å².